The maximum Gasteiger partial charge on any atom is 0.0809 e. The van der Waals surface area contributed by atoms with Crippen molar-refractivity contribution >= 4 is 42.3 Å². The molecule has 1 aliphatic carbocycles. The fourth-order valence-corrected chi connectivity index (χ4v) is 7.91. The van der Waals surface area contributed by atoms with Gasteiger partial charge in [0.05, 0.1) is 11.4 Å². The Morgan fingerprint density at radius 2 is 1.02 bits per heavy atom. The number of hydrogen-bond acceptors (Lipinski definition) is 2. The van der Waals surface area contributed by atoms with E-state index in [0.29, 0.717) is 0 Å². The number of hydrogen-bond donors (Lipinski definition) is 0. The Balaban J connectivity index is 1.50. The van der Waals surface area contributed by atoms with Crippen molar-refractivity contribution in [3.8, 4) is 55.9 Å². The van der Waals surface area contributed by atoms with Gasteiger partial charge in [-0.3, -0.25) is 0 Å². The average Bonchev–Trinajstić information content (AvgIpc) is 3.59. The van der Waals surface area contributed by atoms with E-state index in [2.05, 4.69) is 140 Å². The number of fused-ring (bicyclic) bond motifs is 6. The van der Waals surface area contributed by atoms with Gasteiger partial charge in [-0.1, -0.05) is 133 Å². The van der Waals surface area contributed by atoms with Crippen LogP contribution in [0, 0.1) is 0 Å². The minimum absolute atomic E-state index is 1.04. The van der Waals surface area contributed by atoms with Crippen LogP contribution in [0.15, 0.2) is 140 Å². The van der Waals surface area contributed by atoms with Gasteiger partial charge < -0.3 is 0 Å². The van der Waals surface area contributed by atoms with Crippen LogP contribution in [0.3, 0.4) is 0 Å². The molecule has 0 amide bonds. The fraction of sp³-hybridized carbons (Fsp3) is 0. The zero-order valence-corrected chi connectivity index (χ0v) is 23.0. The molecule has 0 radical (unpaired) electrons. The Morgan fingerprint density at radius 3 is 1.80 bits per heavy atom. The summed E-state index contributed by atoms with van der Waals surface area (Å²) >= 11 is 1.86. The second-order valence-corrected chi connectivity index (χ2v) is 11.7. The van der Waals surface area contributed by atoms with Crippen molar-refractivity contribution in [3.05, 3.63) is 140 Å². The van der Waals surface area contributed by atoms with Gasteiger partial charge in [-0.15, -0.1) is 11.3 Å². The maximum atomic E-state index is 5.66. The zero-order chi connectivity index (χ0) is 26.9. The molecule has 0 bridgehead atoms. The van der Waals surface area contributed by atoms with Gasteiger partial charge in [0.1, 0.15) is 0 Å². The number of pyridine rings is 1. The summed E-state index contributed by atoms with van der Waals surface area (Å²) in [6.45, 7) is 0. The third-order valence-corrected chi connectivity index (χ3v) is 9.63. The summed E-state index contributed by atoms with van der Waals surface area (Å²) in [5.74, 6) is 0. The molecule has 1 nitrogen and oxygen atoms in total. The molecular formula is C39H23NS. The van der Waals surface area contributed by atoms with Gasteiger partial charge in [0, 0.05) is 48.0 Å². The summed E-state index contributed by atoms with van der Waals surface area (Å²) in [6.07, 6.45) is 0. The highest BCUT2D eigenvalue weighted by Crippen LogP contribution is 2.56. The molecule has 0 spiro atoms. The van der Waals surface area contributed by atoms with E-state index in [1.807, 2.05) is 11.3 Å². The van der Waals surface area contributed by atoms with Crippen LogP contribution < -0.4 is 0 Å². The van der Waals surface area contributed by atoms with Crippen LogP contribution in [0.2, 0.25) is 0 Å². The largest absolute Gasteiger partial charge is 0.246 e. The first-order valence-electron chi connectivity index (χ1n) is 14.0. The minimum atomic E-state index is 1.04. The van der Waals surface area contributed by atoms with Gasteiger partial charge in [0.2, 0.25) is 0 Å². The Kier molecular flexibility index (Phi) is 4.84. The molecule has 2 aromatic heterocycles. The third-order valence-electron chi connectivity index (χ3n) is 8.41. The van der Waals surface area contributed by atoms with E-state index in [1.165, 1.54) is 69.9 Å². The van der Waals surface area contributed by atoms with Crippen molar-refractivity contribution in [3.63, 3.8) is 0 Å². The van der Waals surface area contributed by atoms with Crippen molar-refractivity contribution in [2.45, 2.75) is 0 Å². The molecule has 0 N–H and O–H groups in total. The first-order valence-corrected chi connectivity index (χ1v) is 14.8. The normalized spacial score (nSPS) is 11.9. The van der Waals surface area contributed by atoms with Crippen LogP contribution in [0.4, 0.5) is 0 Å². The molecule has 2 heterocycles. The molecular weight excluding hydrogens is 515 g/mol. The standard InChI is InChI=1S/C39H23NS/c1-3-12-25(13-4-1)34-35-29-20-9-16-24-17-10-21-30(33(24)29)36(35)37(26-14-5-2-6-15-26)40-38(34)31-22-11-19-28-27-18-7-8-23-32(27)41-39(28)31/h1-23H. The number of benzene rings is 6. The lowest BCUT2D eigenvalue weighted by Crippen LogP contribution is -1.98. The first kappa shape index (κ1) is 22.7. The van der Waals surface area contributed by atoms with Gasteiger partial charge in [-0.05, 0) is 33.5 Å². The molecule has 0 saturated carbocycles. The van der Waals surface area contributed by atoms with Crippen LogP contribution in [-0.2, 0) is 0 Å². The second-order valence-electron chi connectivity index (χ2n) is 10.7. The lowest BCUT2D eigenvalue weighted by molar-refractivity contribution is 1.33. The number of rotatable bonds is 3. The Bertz CT molecular complexity index is 2290. The minimum Gasteiger partial charge on any atom is -0.246 e. The summed E-state index contributed by atoms with van der Waals surface area (Å²) in [5.41, 5.74) is 11.9. The van der Waals surface area contributed by atoms with Crippen LogP contribution >= 0.6 is 11.3 Å². The van der Waals surface area contributed by atoms with Crippen LogP contribution in [0.25, 0.3) is 86.8 Å². The van der Waals surface area contributed by atoms with E-state index in [0.717, 1.165) is 17.0 Å². The number of thiophene rings is 1. The summed E-state index contributed by atoms with van der Waals surface area (Å²) in [5, 5.41) is 5.18. The van der Waals surface area contributed by atoms with Gasteiger partial charge in [-0.2, -0.15) is 0 Å². The number of aromatic nitrogens is 1. The molecule has 2 heteroatoms. The highest BCUT2D eigenvalue weighted by Gasteiger charge is 2.31. The maximum absolute atomic E-state index is 5.66. The van der Waals surface area contributed by atoms with Crippen LogP contribution in [0.1, 0.15) is 0 Å². The monoisotopic (exact) mass is 537 g/mol. The van der Waals surface area contributed by atoms with E-state index in [-0.39, 0.29) is 0 Å². The first-order chi connectivity index (χ1) is 20.4. The molecule has 190 valence electrons. The third kappa shape index (κ3) is 3.26. The molecule has 0 fully saturated rings. The van der Waals surface area contributed by atoms with Crippen molar-refractivity contribution in [1.29, 1.82) is 0 Å². The SMILES string of the molecule is c1ccc(-c2nc(-c3cccc4c3sc3ccccc34)c(-c3ccccc3)c3c2-c2cccc4cccc-3c24)cc1. The second kappa shape index (κ2) is 8.72. The highest BCUT2D eigenvalue weighted by molar-refractivity contribution is 7.26. The fourth-order valence-electron chi connectivity index (χ4n) is 6.69. The summed E-state index contributed by atoms with van der Waals surface area (Å²) < 4.78 is 2.59. The van der Waals surface area contributed by atoms with Crippen LogP contribution in [-0.4, -0.2) is 4.98 Å². The topological polar surface area (TPSA) is 12.9 Å². The van der Waals surface area contributed by atoms with E-state index in [9.17, 15) is 0 Å². The molecule has 0 saturated heterocycles. The Labute approximate surface area is 242 Å². The molecule has 0 atom stereocenters. The van der Waals surface area contributed by atoms with Crippen molar-refractivity contribution in [1.82, 2.24) is 4.98 Å². The predicted octanol–water partition coefficient (Wildman–Crippen LogP) is 11.3. The van der Waals surface area contributed by atoms with Crippen LogP contribution in [0.5, 0.6) is 0 Å². The van der Waals surface area contributed by atoms with E-state index >= 15 is 0 Å². The summed E-state index contributed by atoms with van der Waals surface area (Å²) in [6, 6.07) is 50.4. The smallest absolute Gasteiger partial charge is 0.0809 e. The highest BCUT2D eigenvalue weighted by atomic mass is 32.1. The average molecular weight is 538 g/mol. The van der Waals surface area contributed by atoms with E-state index in [1.54, 1.807) is 0 Å². The van der Waals surface area contributed by atoms with E-state index < -0.39 is 0 Å². The van der Waals surface area contributed by atoms with Gasteiger partial charge in [0.25, 0.3) is 0 Å². The van der Waals surface area contributed by atoms with Crippen molar-refractivity contribution in [2.75, 3.05) is 0 Å². The molecule has 41 heavy (non-hydrogen) atoms. The zero-order valence-electron chi connectivity index (χ0n) is 22.1. The van der Waals surface area contributed by atoms with Crippen molar-refractivity contribution in [2.24, 2.45) is 0 Å². The quantitative estimate of drug-likeness (QED) is 0.218. The van der Waals surface area contributed by atoms with Crippen molar-refractivity contribution < 1.29 is 0 Å². The van der Waals surface area contributed by atoms with Gasteiger partial charge >= 0.3 is 0 Å². The lowest BCUT2D eigenvalue weighted by Gasteiger charge is -2.20. The molecule has 0 aliphatic heterocycles. The predicted molar refractivity (Wildman–Crippen MR) is 175 cm³/mol. The molecule has 9 rings (SSSR count). The number of nitrogens with zero attached hydrogens (tertiary/aromatic N) is 1. The molecule has 0 unspecified atom stereocenters. The molecule has 8 aromatic rings. The Morgan fingerprint density at radius 1 is 0.415 bits per heavy atom. The van der Waals surface area contributed by atoms with Gasteiger partial charge in [0.15, 0.2) is 0 Å². The Hall–Kier alpha value is -5.05. The molecule has 6 aromatic carbocycles. The van der Waals surface area contributed by atoms with E-state index in [4.69, 9.17) is 4.98 Å². The lowest BCUT2D eigenvalue weighted by atomic mass is 9.87. The van der Waals surface area contributed by atoms with Gasteiger partial charge in [-0.25, -0.2) is 4.98 Å². The summed E-state index contributed by atoms with van der Waals surface area (Å²) in [4.78, 5) is 5.66. The molecule has 1 aliphatic rings. The summed E-state index contributed by atoms with van der Waals surface area (Å²) in [7, 11) is 0.